The molecule has 0 bridgehead atoms. The summed E-state index contributed by atoms with van der Waals surface area (Å²) in [4.78, 5) is 42.8. The van der Waals surface area contributed by atoms with Crippen molar-refractivity contribution in [3.8, 4) is 5.75 Å². The molecule has 0 aliphatic carbocycles. The Kier molecular flexibility index (Phi) is 13.3. The van der Waals surface area contributed by atoms with Gasteiger partial charge in [0, 0.05) is 50.1 Å². The number of anilines is 2. The number of ether oxygens (including phenoxy) is 2. The van der Waals surface area contributed by atoms with Gasteiger partial charge in [-0.3, -0.25) is 4.79 Å². The minimum atomic E-state index is -0.510. The maximum absolute atomic E-state index is 14.2. The summed E-state index contributed by atoms with van der Waals surface area (Å²) in [7, 11) is 1.73. The van der Waals surface area contributed by atoms with Crippen LogP contribution in [-0.2, 0) is 4.74 Å². The Labute approximate surface area is 261 Å². The number of rotatable bonds is 7. The molecule has 3 rings (SSSR count). The van der Waals surface area contributed by atoms with Crippen LogP contribution in [0, 0.1) is 5.92 Å². The van der Waals surface area contributed by atoms with E-state index in [0.717, 1.165) is 19.3 Å². The predicted octanol–water partition coefficient (Wildman–Crippen LogP) is 5.18. The SMILES string of the molecule is CC(C)NC(=O)N(C)C[C@@H]1OCCCC[C@@H](C)Oc2ccc(NC(=O)Nc3ccccc3)cc2C(=O)N([C@@H](C)CO)C[C@H]1C. The summed E-state index contributed by atoms with van der Waals surface area (Å²) in [6.45, 7) is 10.4. The summed E-state index contributed by atoms with van der Waals surface area (Å²) in [5, 5.41) is 18.6. The molecular formula is C33H49N5O6. The molecule has 4 N–H and O–H groups in total. The van der Waals surface area contributed by atoms with Crippen LogP contribution in [0.3, 0.4) is 0 Å². The zero-order valence-corrected chi connectivity index (χ0v) is 26.8. The highest BCUT2D eigenvalue weighted by atomic mass is 16.5. The predicted molar refractivity (Wildman–Crippen MR) is 172 cm³/mol. The van der Waals surface area contributed by atoms with Crippen LogP contribution < -0.4 is 20.7 Å². The quantitative estimate of drug-likeness (QED) is 0.341. The Morgan fingerprint density at radius 3 is 2.43 bits per heavy atom. The largest absolute Gasteiger partial charge is 0.490 e. The van der Waals surface area contributed by atoms with Crippen molar-refractivity contribution in [2.75, 3.05) is 44.0 Å². The van der Waals surface area contributed by atoms with E-state index in [9.17, 15) is 19.5 Å². The molecule has 44 heavy (non-hydrogen) atoms. The fourth-order valence-corrected chi connectivity index (χ4v) is 4.99. The van der Waals surface area contributed by atoms with Gasteiger partial charge in [-0.1, -0.05) is 25.1 Å². The van der Waals surface area contributed by atoms with Gasteiger partial charge in [0.15, 0.2) is 0 Å². The number of amides is 5. The van der Waals surface area contributed by atoms with Gasteiger partial charge >= 0.3 is 12.1 Å². The summed E-state index contributed by atoms with van der Waals surface area (Å²) in [6, 6.07) is 12.9. The average molecular weight is 612 g/mol. The first kappa shape index (κ1) is 34.7. The fourth-order valence-electron chi connectivity index (χ4n) is 4.99. The number of nitrogens with one attached hydrogen (secondary N) is 3. The number of aliphatic hydroxyl groups is 1. The van der Waals surface area contributed by atoms with E-state index in [1.165, 1.54) is 0 Å². The van der Waals surface area contributed by atoms with Crippen LogP contribution in [0.5, 0.6) is 5.75 Å². The summed E-state index contributed by atoms with van der Waals surface area (Å²) in [5.74, 6) is -0.102. The molecular weight excluding hydrogens is 562 g/mol. The van der Waals surface area contributed by atoms with Gasteiger partial charge in [-0.2, -0.15) is 0 Å². The monoisotopic (exact) mass is 611 g/mol. The molecule has 0 unspecified atom stereocenters. The van der Waals surface area contributed by atoms with E-state index in [2.05, 4.69) is 16.0 Å². The lowest BCUT2D eigenvalue weighted by atomic mass is 10.0. The van der Waals surface area contributed by atoms with Crippen molar-refractivity contribution < 1.29 is 29.0 Å². The number of fused-ring (bicyclic) bond motifs is 1. The van der Waals surface area contributed by atoms with Crippen molar-refractivity contribution in [1.29, 1.82) is 0 Å². The van der Waals surface area contributed by atoms with E-state index in [0.29, 0.717) is 30.3 Å². The second-order valence-corrected chi connectivity index (χ2v) is 11.9. The number of carbonyl (C=O) groups excluding carboxylic acids is 3. The Balaban J connectivity index is 1.91. The maximum Gasteiger partial charge on any atom is 0.323 e. The summed E-state index contributed by atoms with van der Waals surface area (Å²) in [6.07, 6.45) is 1.92. The molecule has 4 atom stereocenters. The lowest BCUT2D eigenvalue weighted by Crippen LogP contribution is -2.49. The van der Waals surface area contributed by atoms with Gasteiger partial charge < -0.3 is 40.3 Å². The number of aliphatic hydroxyl groups excluding tert-OH is 1. The first-order valence-electron chi connectivity index (χ1n) is 15.5. The van der Waals surface area contributed by atoms with E-state index in [1.807, 2.05) is 45.9 Å². The van der Waals surface area contributed by atoms with Gasteiger partial charge in [-0.05, 0) is 77.3 Å². The standard InChI is InChI=1S/C33H49N5O6/c1-22(2)34-33(42)37(6)20-30-23(3)19-38(24(4)21-39)31(40)28-18-27(36-32(41)35-26-13-8-7-9-14-26)15-16-29(28)44-25(5)12-10-11-17-43-30/h7-9,13-16,18,22-25,30,39H,10-12,17,19-21H2,1-6H3,(H,34,42)(H2,35,36,41)/t23-,24+,25-,30+/m1/s1. The number of hydrogen-bond donors (Lipinski definition) is 4. The minimum Gasteiger partial charge on any atom is -0.490 e. The van der Waals surface area contributed by atoms with Crippen LogP contribution in [0.2, 0.25) is 0 Å². The van der Waals surface area contributed by atoms with Crippen molar-refractivity contribution in [2.24, 2.45) is 5.92 Å². The third-order valence-electron chi connectivity index (χ3n) is 7.55. The second kappa shape index (κ2) is 16.9. The molecule has 0 radical (unpaired) electrons. The topological polar surface area (TPSA) is 132 Å². The van der Waals surface area contributed by atoms with Crippen LogP contribution in [0.1, 0.15) is 64.2 Å². The Morgan fingerprint density at radius 1 is 1.05 bits per heavy atom. The Bertz CT molecular complexity index is 1230. The van der Waals surface area contributed by atoms with Gasteiger partial charge in [0.1, 0.15) is 5.75 Å². The maximum atomic E-state index is 14.2. The molecule has 11 heteroatoms. The number of hydrogen-bond acceptors (Lipinski definition) is 6. The van der Waals surface area contributed by atoms with Crippen LogP contribution in [0.15, 0.2) is 48.5 Å². The lowest BCUT2D eigenvalue weighted by Gasteiger charge is -2.36. The van der Waals surface area contributed by atoms with Gasteiger partial charge in [-0.25, -0.2) is 9.59 Å². The van der Waals surface area contributed by atoms with Crippen LogP contribution in [0.25, 0.3) is 0 Å². The highest BCUT2D eigenvalue weighted by Gasteiger charge is 2.31. The highest BCUT2D eigenvalue weighted by molar-refractivity contribution is 6.02. The second-order valence-electron chi connectivity index (χ2n) is 11.9. The normalized spacial score (nSPS) is 20.5. The van der Waals surface area contributed by atoms with E-state index < -0.39 is 12.1 Å². The molecule has 2 aromatic rings. The van der Waals surface area contributed by atoms with Crippen LogP contribution in [0.4, 0.5) is 21.0 Å². The van der Waals surface area contributed by atoms with E-state index in [-0.39, 0.29) is 54.8 Å². The summed E-state index contributed by atoms with van der Waals surface area (Å²) in [5.41, 5.74) is 1.34. The first-order valence-corrected chi connectivity index (χ1v) is 15.5. The van der Waals surface area contributed by atoms with Crippen LogP contribution >= 0.6 is 0 Å². The molecule has 242 valence electrons. The van der Waals surface area contributed by atoms with Gasteiger partial charge in [0.25, 0.3) is 5.91 Å². The Morgan fingerprint density at radius 2 is 1.75 bits per heavy atom. The van der Waals surface area contributed by atoms with Crippen LogP contribution in [-0.4, -0.2) is 90.5 Å². The van der Waals surface area contributed by atoms with E-state index in [1.54, 1.807) is 54.1 Å². The molecule has 11 nitrogen and oxygen atoms in total. The average Bonchev–Trinajstić information content (AvgIpc) is 2.98. The molecule has 0 fully saturated rings. The highest BCUT2D eigenvalue weighted by Crippen LogP contribution is 2.28. The molecule has 1 aliphatic heterocycles. The van der Waals surface area contributed by atoms with Crippen molar-refractivity contribution in [3.05, 3.63) is 54.1 Å². The van der Waals surface area contributed by atoms with Gasteiger partial charge in [0.05, 0.1) is 30.4 Å². The molecule has 1 heterocycles. The molecule has 0 saturated heterocycles. The number of nitrogens with zero attached hydrogens (tertiary/aromatic N) is 2. The Hall–Kier alpha value is -3.83. The number of para-hydroxylation sites is 1. The van der Waals surface area contributed by atoms with E-state index in [4.69, 9.17) is 9.47 Å². The third kappa shape index (κ3) is 10.4. The van der Waals surface area contributed by atoms with Crippen molar-refractivity contribution >= 4 is 29.3 Å². The smallest absolute Gasteiger partial charge is 0.323 e. The first-order chi connectivity index (χ1) is 21.0. The van der Waals surface area contributed by atoms with Crippen molar-refractivity contribution in [2.45, 2.75) is 78.2 Å². The number of benzene rings is 2. The molecule has 2 aromatic carbocycles. The zero-order valence-electron chi connectivity index (χ0n) is 26.8. The van der Waals surface area contributed by atoms with Crippen molar-refractivity contribution in [1.82, 2.24) is 15.1 Å². The number of likely N-dealkylation sites (N-methyl/N-ethyl adjacent to an activating group) is 1. The summed E-state index contributed by atoms with van der Waals surface area (Å²) >= 11 is 0. The molecule has 0 spiro atoms. The van der Waals surface area contributed by atoms with Crippen molar-refractivity contribution in [3.63, 3.8) is 0 Å². The summed E-state index contributed by atoms with van der Waals surface area (Å²) < 4.78 is 12.6. The molecule has 0 aromatic heterocycles. The molecule has 0 saturated carbocycles. The minimum absolute atomic E-state index is 0.00104. The molecule has 1 aliphatic rings. The van der Waals surface area contributed by atoms with E-state index >= 15 is 0 Å². The number of carbonyl (C=O) groups is 3. The molecule has 5 amide bonds. The van der Waals surface area contributed by atoms with Gasteiger partial charge in [-0.15, -0.1) is 0 Å². The van der Waals surface area contributed by atoms with Gasteiger partial charge in [0.2, 0.25) is 0 Å². The fraction of sp³-hybridized carbons (Fsp3) is 0.545. The third-order valence-corrected chi connectivity index (χ3v) is 7.55. The lowest BCUT2D eigenvalue weighted by molar-refractivity contribution is -0.0122. The zero-order chi connectivity index (χ0) is 32.2. The number of urea groups is 2.